The van der Waals surface area contributed by atoms with Crippen LogP contribution in [0, 0.1) is 11.8 Å². The molecule has 1 N–H and O–H groups in total. The second-order valence-corrected chi connectivity index (χ2v) is 8.00. The molecule has 3 rings (SSSR count). The zero-order valence-electron chi connectivity index (χ0n) is 13.3. The minimum Gasteiger partial charge on any atom is -0.444 e. The highest BCUT2D eigenvalue weighted by molar-refractivity contribution is 5.82. The first-order valence-electron chi connectivity index (χ1n) is 8.06. The molecule has 2 atom stereocenters. The van der Waals surface area contributed by atoms with Crippen molar-refractivity contribution in [2.45, 2.75) is 64.0 Å². The van der Waals surface area contributed by atoms with Crippen molar-refractivity contribution in [3.8, 4) is 0 Å². The molecule has 2 saturated heterocycles. The fourth-order valence-corrected chi connectivity index (χ4v) is 3.55. The largest absolute Gasteiger partial charge is 0.444 e. The predicted molar refractivity (Wildman–Crippen MR) is 78.7 cm³/mol. The number of nitrogens with zero attached hydrogens (tertiary/aromatic N) is 1. The first kappa shape index (κ1) is 14.7. The highest BCUT2D eigenvalue weighted by atomic mass is 16.6. The molecule has 2 aliphatic heterocycles. The number of carbonyl (C=O) groups excluding carboxylic acids is 2. The summed E-state index contributed by atoms with van der Waals surface area (Å²) in [6, 6.07) is 0. The van der Waals surface area contributed by atoms with E-state index in [0.717, 1.165) is 25.2 Å². The lowest BCUT2D eigenvalue weighted by atomic mass is 9.89. The highest BCUT2D eigenvalue weighted by Crippen LogP contribution is 2.42. The van der Waals surface area contributed by atoms with Crippen LogP contribution < -0.4 is 5.32 Å². The zero-order valence-corrected chi connectivity index (χ0v) is 13.3. The fourth-order valence-electron chi connectivity index (χ4n) is 3.55. The molecule has 3 fully saturated rings. The Morgan fingerprint density at radius 1 is 1.43 bits per heavy atom. The third-order valence-electron chi connectivity index (χ3n) is 4.72. The molecular weight excluding hydrogens is 268 g/mol. The Morgan fingerprint density at radius 3 is 2.76 bits per heavy atom. The number of likely N-dealkylation sites (tertiary alicyclic amines) is 1. The van der Waals surface area contributed by atoms with Crippen molar-refractivity contribution in [3.05, 3.63) is 0 Å². The molecule has 21 heavy (non-hydrogen) atoms. The summed E-state index contributed by atoms with van der Waals surface area (Å²) in [7, 11) is 0. The predicted octanol–water partition coefficient (Wildman–Crippen LogP) is 2.30. The van der Waals surface area contributed by atoms with E-state index in [0.29, 0.717) is 13.1 Å². The van der Waals surface area contributed by atoms with Gasteiger partial charge in [-0.25, -0.2) is 4.79 Å². The first-order valence-corrected chi connectivity index (χ1v) is 8.06. The molecule has 0 aromatic rings. The summed E-state index contributed by atoms with van der Waals surface area (Å²) in [5.41, 5.74) is -0.673. The van der Waals surface area contributed by atoms with Crippen LogP contribution in [-0.2, 0) is 9.53 Å². The van der Waals surface area contributed by atoms with Crippen molar-refractivity contribution in [1.29, 1.82) is 0 Å². The van der Waals surface area contributed by atoms with Crippen molar-refractivity contribution < 1.29 is 14.3 Å². The van der Waals surface area contributed by atoms with Gasteiger partial charge in [-0.15, -0.1) is 0 Å². The number of nitrogens with one attached hydrogen (secondary N) is 1. The van der Waals surface area contributed by atoms with Crippen molar-refractivity contribution in [2.75, 3.05) is 13.1 Å². The van der Waals surface area contributed by atoms with Gasteiger partial charge in [-0.3, -0.25) is 4.79 Å². The number of amides is 2. The van der Waals surface area contributed by atoms with Gasteiger partial charge < -0.3 is 15.0 Å². The monoisotopic (exact) mass is 294 g/mol. The Kier molecular flexibility index (Phi) is 3.41. The molecule has 5 heteroatoms. The Morgan fingerprint density at radius 2 is 2.14 bits per heavy atom. The van der Waals surface area contributed by atoms with Crippen LogP contribution in [0.2, 0.25) is 0 Å². The minimum atomic E-state index is -0.472. The first-order chi connectivity index (χ1) is 9.76. The molecule has 1 spiro atoms. The summed E-state index contributed by atoms with van der Waals surface area (Å²) >= 11 is 0. The molecular formula is C16H26N2O3. The number of ether oxygens (including phenoxy) is 1. The lowest BCUT2D eigenvalue weighted by Gasteiger charge is -2.27. The van der Waals surface area contributed by atoms with E-state index in [-0.39, 0.29) is 23.5 Å². The molecule has 118 valence electrons. The summed E-state index contributed by atoms with van der Waals surface area (Å²) in [5, 5.41) is 3.17. The highest BCUT2D eigenvalue weighted by Gasteiger charge is 2.50. The van der Waals surface area contributed by atoms with E-state index in [9.17, 15) is 9.59 Å². The SMILES string of the molecule is CC(C)(C)OC(=O)N1CCC2(CC(CC3CC3)C(=O)N2)C1. The maximum atomic E-state index is 12.2. The fraction of sp³-hybridized carbons (Fsp3) is 0.875. The van der Waals surface area contributed by atoms with Crippen molar-refractivity contribution in [1.82, 2.24) is 10.2 Å². The molecule has 0 aromatic carbocycles. The topological polar surface area (TPSA) is 58.6 Å². The zero-order chi connectivity index (χ0) is 15.3. The molecule has 0 radical (unpaired) electrons. The van der Waals surface area contributed by atoms with E-state index in [1.165, 1.54) is 12.8 Å². The van der Waals surface area contributed by atoms with Gasteiger partial charge in [0.15, 0.2) is 0 Å². The summed E-state index contributed by atoms with van der Waals surface area (Å²) in [5.74, 6) is 1.10. The van der Waals surface area contributed by atoms with Crippen molar-refractivity contribution >= 4 is 12.0 Å². The van der Waals surface area contributed by atoms with Gasteiger partial charge in [-0.2, -0.15) is 0 Å². The van der Waals surface area contributed by atoms with Gasteiger partial charge >= 0.3 is 6.09 Å². The number of hydrogen-bond donors (Lipinski definition) is 1. The van der Waals surface area contributed by atoms with Crippen LogP contribution in [0.5, 0.6) is 0 Å². The average molecular weight is 294 g/mol. The van der Waals surface area contributed by atoms with Gasteiger partial charge in [0, 0.05) is 19.0 Å². The van der Waals surface area contributed by atoms with E-state index in [2.05, 4.69) is 5.32 Å². The van der Waals surface area contributed by atoms with Gasteiger partial charge in [0.05, 0.1) is 5.54 Å². The van der Waals surface area contributed by atoms with Crippen molar-refractivity contribution in [2.24, 2.45) is 11.8 Å². The molecule has 5 nitrogen and oxygen atoms in total. The number of hydrogen-bond acceptors (Lipinski definition) is 3. The summed E-state index contributed by atoms with van der Waals surface area (Å²) in [4.78, 5) is 26.0. The van der Waals surface area contributed by atoms with Crippen LogP contribution in [-0.4, -0.2) is 41.1 Å². The van der Waals surface area contributed by atoms with Crippen LogP contribution in [0.15, 0.2) is 0 Å². The third-order valence-corrected chi connectivity index (χ3v) is 4.72. The molecule has 0 bridgehead atoms. The lowest BCUT2D eigenvalue weighted by molar-refractivity contribution is -0.123. The summed E-state index contributed by atoms with van der Waals surface area (Å²) in [6.07, 6.45) is 5.04. The van der Waals surface area contributed by atoms with Crippen LogP contribution >= 0.6 is 0 Å². The van der Waals surface area contributed by atoms with Crippen LogP contribution in [0.4, 0.5) is 4.79 Å². The summed E-state index contributed by atoms with van der Waals surface area (Å²) < 4.78 is 5.43. The van der Waals surface area contributed by atoms with Gasteiger partial charge in [0.25, 0.3) is 0 Å². The standard InChI is InChI=1S/C16H26N2O3/c1-15(2,3)21-14(20)18-7-6-16(10-18)9-12(13(19)17-16)8-11-4-5-11/h11-12H,4-10H2,1-3H3,(H,17,19). The number of rotatable bonds is 2. The van der Waals surface area contributed by atoms with Gasteiger partial charge in [0.2, 0.25) is 5.91 Å². The molecule has 3 aliphatic rings. The second kappa shape index (κ2) is 4.89. The van der Waals surface area contributed by atoms with Gasteiger partial charge in [0.1, 0.15) is 5.60 Å². The Balaban J connectivity index is 1.58. The Bertz CT molecular complexity index is 453. The maximum Gasteiger partial charge on any atom is 0.410 e. The second-order valence-electron chi connectivity index (χ2n) is 8.00. The van der Waals surface area contributed by atoms with Crippen LogP contribution in [0.1, 0.15) is 52.9 Å². The number of carbonyl (C=O) groups is 2. The van der Waals surface area contributed by atoms with E-state index < -0.39 is 5.60 Å². The molecule has 2 unspecified atom stereocenters. The quantitative estimate of drug-likeness (QED) is 0.850. The molecule has 1 saturated carbocycles. The van der Waals surface area contributed by atoms with E-state index in [1.807, 2.05) is 20.8 Å². The lowest BCUT2D eigenvalue weighted by Crippen LogP contribution is -2.45. The molecule has 2 heterocycles. The normalized spacial score (nSPS) is 32.6. The van der Waals surface area contributed by atoms with E-state index in [4.69, 9.17) is 4.74 Å². The van der Waals surface area contributed by atoms with Crippen LogP contribution in [0.25, 0.3) is 0 Å². The van der Waals surface area contributed by atoms with Gasteiger partial charge in [-0.05, 0) is 46.0 Å². The smallest absolute Gasteiger partial charge is 0.410 e. The molecule has 1 aliphatic carbocycles. The van der Waals surface area contributed by atoms with Crippen molar-refractivity contribution in [3.63, 3.8) is 0 Å². The Labute approximate surface area is 126 Å². The molecule has 2 amide bonds. The van der Waals surface area contributed by atoms with E-state index >= 15 is 0 Å². The van der Waals surface area contributed by atoms with E-state index in [1.54, 1.807) is 4.90 Å². The molecule has 0 aromatic heterocycles. The third kappa shape index (κ3) is 3.33. The minimum absolute atomic E-state index is 0.149. The maximum absolute atomic E-state index is 12.2. The van der Waals surface area contributed by atoms with Gasteiger partial charge in [-0.1, -0.05) is 12.8 Å². The van der Waals surface area contributed by atoms with Crippen LogP contribution in [0.3, 0.4) is 0 Å². The summed E-state index contributed by atoms with van der Waals surface area (Å²) in [6.45, 7) is 6.89. The Hall–Kier alpha value is -1.26. The average Bonchev–Trinajstić information content (AvgIpc) is 2.98.